The highest BCUT2D eigenvalue weighted by Crippen LogP contribution is 2.36. The fraction of sp³-hybridized carbons (Fsp3) is 0.308. The minimum atomic E-state index is 0.00566. The maximum Gasteiger partial charge on any atom is 0.267 e. The van der Waals surface area contributed by atoms with Crippen molar-refractivity contribution in [3.8, 4) is 5.69 Å². The number of nitrogens with zero attached hydrogens (tertiary/aromatic N) is 2. The number of aromatic nitrogens is 2. The summed E-state index contributed by atoms with van der Waals surface area (Å²) in [6.45, 7) is 6.92. The maximum absolute atomic E-state index is 14.0. The summed E-state index contributed by atoms with van der Waals surface area (Å²) in [6.07, 6.45) is 0.885. The first kappa shape index (κ1) is 22.7. The molecule has 0 radical (unpaired) electrons. The van der Waals surface area contributed by atoms with Gasteiger partial charge in [0.1, 0.15) is 4.83 Å². The highest BCUT2D eigenvalue weighted by molar-refractivity contribution is 7.98. The van der Waals surface area contributed by atoms with Crippen LogP contribution in [0, 0.1) is 12.8 Å². The SMILES string of the molecule is Cc1cccc(-n2c(SCc3ccc(Cl)cc3)nc3sc4c(c3c2=O)C[C@@H](C(C)C)OC4)c1. The van der Waals surface area contributed by atoms with Gasteiger partial charge in [0.2, 0.25) is 0 Å². The van der Waals surface area contributed by atoms with Crippen LogP contribution in [0.5, 0.6) is 0 Å². The van der Waals surface area contributed by atoms with E-state index in [-0.39, 0.29) is 11.7 Å². The first-order chi connectivity index (χ1) is 15.9. The molecule has 3 heterocycles. The quantitative estimate of drug-likeness (QED) is 0.225. The Labute approximate surface area is 206 Å². The predicted octanol–water partition coefficient (Wildman–Crippen LogP) is 6.80. The van der Waals surface area contributed by atoms with Gasteiger partial charge in [0.25, 0.3) is 5.56 Å². The van der Waals surface area contributed by atoms with Crippen LogP contribution in [-0.4, -0.2) is 15.7 Å². The monoisotopic (exact) mass is 496 g/mol. The Morgan fingerprint density at radius 3 is 2.76 bits per heavy atom. The summed E-state index contributed by atoms with van der Waals surface area (Å²) in [6, 6.07) is 15.8. The van der Waals surface area contributed by atoms with Gasteiger partial charge in [-0.2, -0.15) is 0 Å². The molecule has 0 amide bonds. The van der Waals surface area contributed by atoms with Crippen molar-refractivity contribution < 1.29 is 4.74 Å². The van der Waals surface area contributed by atoms with E-state index in [2.05, 4.69) is 13.8 Å². The smallest absolute Gasteiger partial charge is 0.267 e. The summed E-state index contributed by atoms with van der Waals surface area (Å²) in [5, 5.41) is 2.17. The minimum absolute atomic E-state index is 0.00566. The summed E-state index contributed by atoms with van der Waals surface area (Å²) in [4.78, 5) is 20.9. The second kappa shape index (κ2) is 9.26. The Hall–Kier alpha value is -2.12. The summed E-state index contributed by atoms with van der Waals surface area (Å²) < 4.78 is 7.85. The van der Waals surface area contributed by atoms with E-state index in [1.54, 1.807) is 27.7 Å². The topological polar surface area (TPSA) is 44.1 Å². The van der Waals surface area contributed by atoms with Gasteiger partial charge in [0, 0.05) is 22.1 Å². The molecule has 1 aliphatic rings. The molecule has 1 atom stereocenters. The number of halogens is 1. The molecule has 0 spiro atoms. The van der Waals surface area contributed by atoms with Crippen LogP contribution in [0.25, 0.3) is 15.9 Å². The number of aryl methyl sites for hydroxylation is 1. The average molecular weight is 497 g/mol. The highest BCUT2D eigenvalue weighted by atomic mass is 35.5. The van der Waals surface area contributed by atoms with Crippen LogP contribution in [0.3, 0.4) is 0 Å². The predicted molar refractivity (Wildman–Crippen MR) is 138 cm³/mol. The van der Waals surface area contributed by atoms with Crippen LogP contribution in [0.1, 0.15) is 35.4 Å². The molecule has 1 aliphatic heterocycles. The van der Waals surface area contributed by atoms with Crippen LogP contribution < -0.4 is 5.56 Å². The van der Waals surface area contributed by atoms with E-state index >= 15 is 0 Å². The number of thiophene rings is 1. The molecule has 7 heteroatoms. The van der Waals surface area contributed by atoms with Crippen molar-refractivity contribution >= 4 is 44.9 Å². The average Bonchev–Trinajstić information content (AvgIpc) is 3.16. The summed E-state index contributed by atoms with van der Waals surface area (Å²) in [7, 11) is 0. The Bertz CT molecular complexity index is 1380. The van der Waals surface area contributed by atoms with Gasteiger partial charge < -0.3 is 4.74 Å². The molecule has 0 fully saturated rings. The van der Waals surface area contributed by atoms with E-state index in [9.17, 15) is 4.79 Å². The van der Waals surface area contributed by atoms with Crippen LogP contribution in [0.15, 0.2) is 58.5 Å². The van der Waals surface area contributed by atoms with E-state index in [0.717, 1.165) is 43.9 Å². The molecule has 33 heavy (non-hydrogen) atoms. The number of hydrogen-bond acceptors (Lipinski definition) is 5. The molecule has 0 unspecified atom stereocenters. The zero-order valence-electron chi connectivity index (χ0n) is 18.8. The molecular formula is C26H25ClN2O2S2. The molecule has 4 aromatic rings. The van der Waals surface area contributed by atoms with Gasteiger partial charge >= 0.3 is 0 Å². The van der Waals surface area contributed by atoms with Crippen LogP contribution in [0.2, 0.25) is 5.02 Å². The number of thioether (sulfide) groups is 1. The lowest BCUT2D eigenvalue weighted by Gasteiger charge is -2.26. The van der Waals surface area contributed by atoms with Gasteiger partial charge in [-0.25, -0.2) is 4.98 Å². The molecule has 0 N–H and O–H groups in total. The summed E-state index contributed by atoms with van der Waals surface area (Å²) >= 11 is 9.20. The molecular weight excluding hydrogens is 472 g/mol. The number of benzene rings is 2. The van der Waals surface area contributed by atoms with Crippen molar-refractivity contribution in [1.29, 1.82) is 0 Å². The molecule has 0 saturated carbocycles. The maximum atomic E-state index is 14.0. The number of hydrogen-bond donors (Lipinski definition) is 0. The lowest BCUT2D eigenvalue weighted by molar-refractivity contribution is 0.00200. The van der Waals surface area contributed by atoms with E-state index < -0.39 is 0 Å². The zero-order valence-corrected chi connectivity index (χ0v) is 21.2. The zero-order chi connectivity index (χ0) is 23.1. The Balaban J connectivity index is 1.65. The molecule has 0 saturated heterocycles. The van der Waals surface area contributed by atoms with Gasteiger partial charge in [0.05, 0.1) is 23.8 Å². The lowest BCUT2D eigenvalue weighted by Crippen LogP contribution is -2.28. The molecule has 0 bridgehead atoms. The van der Waals surface area contributed by atoms with Gasteiger partial charge in [-0.05, 0) is 53.8 Å². The fourth-order valence-corrected chi connectivity index (χ4v) is 6.42. The first-order valence-corrected chi connectivity index (χ1v) is 13.2. The van der Waals surface area contributed by atoms with Crippen molar-refractivity contribution in [2.24, 2.45) is 5.92 Å². The molecule has 4 nitrogen and oxygen atoms in total. The minimum Gasteiger partial charge on any atom is -0.372 e. The third-order valence-electron chi connectivity index (χ3n) is 6.00. The second-order valence-electron chi connectivity index (χ2n) is 8.77. The van der Waals surface area contributed by atoms with Gasteiger partial charge in [-0.1, -0.05) is 61.5 Å². The van der Waals surface area contributed by atoms with Crippen LogP contribution in [0.4, 0.5) is 0 Å². The largest absolute Gasteiger partial charge is 0.372 e. The third-order valence-corrected chi connectivity index (χ3v) is 8.36. The second-order valence-corrected chi connectivity index (χ2v) is 11.2. The van der Waals surface area contributed by atoms with E-state index in [4.69, 9.17) is 21.3 Å². The molecule has 0 aliphatic carbocycles. The number of fused-ring (bicyclic) bond motifs is 3. The normalized spacial score (nSPS) is 15.8. The lowest BCUT2D eigenvalue weighted by atomic mass is 9.96. The van der Waals surface area contributed by atoms with E-state index in [0.29, 0.717) is 28.5 Å². The van der Waals surface area contributed by atoms with Crippen molar-refractivity contribution in [2.75, 3.05) is 0 Å². The highest BCUT2D eigenvalue weighted by Gasteiger charge is 2.28. The number of ether oxygens (including phenoxy) is 1. The standard InChI is InChI=1S/C26H25ClN2O2S2/c1-15(2)21-12-20-22(13-31-21)33-24-23(20)25(30)29(19-6-4-5-16(3)11-19)26(28-24)32-14-17-7-9-18(27)10-8-17/h4-11,15,21H,12-14H2,1-3H3/t21-/m0/s1. The Morgan fingerprint density at radius 1 is 1.24 bits per heavy atom. The molecule has 2 aromatic heterocycles. The molecule has 2 aromatic carbocycles. The van der Waals surface area contributed by atoms with Crippen molar-refractivity contribution in [2.45, 2.75) is 50.8 Å². The van der Waals surface area contributed by atoms with Gasteiger partial charge in [-0.3, -0.25) is 9.36 Å². The van der Waals surface area contributed by atoms with Crippen molar-refractivity contribution in [3.05, 3.63) is 85.5 Å². The Morgan fingerprint density at radius 2 is 2.03 bits per heavy atom. The van der Waals surface area contributed by atoms with E-state index in [1.165, 1.54) is 0 Å². The molecule has 170 valence electrons. The van der Waals surface area contributed by atoms with Crippen molar-refractivity contribution in [1.82, 2.24) is 9.55 Å². The van der Waals surface area contributed by atoms with Crippen molar-refractivity contribution in [3.63, 3.8) is 0 Å². The van der Waals surface area contributed by atoms with Crippen LogP contribution in [-0.2, 0) is 23.5 Å². The summed E-state index contributed by atoms with van der Waals surface area (Å²) in [5.74, 6) is 1.10. The first-order valence-electron chi connectivity index (χ1n) is 11.0. The van der Waals surface area contributed by atoms with Gasteiger partial charge in [0.15, 0.2) is 5.16 Å². The van der Waals surface area contributed by atoms with Gasteiger partial charge in [-0.15, -0.1) is 11.3 Å². The number of rotatable bonds is 5. The van der Waals surface area contributed by atoms with Crippen LogP contribution >= 0.6 is 34.7 Å². The van der Waals surface area contributed by atoms with E-state index in [1.807, 2.05) is 55.5 Å². The molecule has 5 rings (SSSR count). The Kier molecular flexibility index (Phi) is 6.36. The third kappa shape index (κ3) is 4.50. The fourth-order valence-electron chi connectivity index (χ4n) is 4.16. The summed E-state index contributed by atoms with van der Waals surface area (Å²) in [5.41, 5.74) is 4.21.